The number of benzene rings is 6. The summed E-state index contributed by atoms with van der Waals surface area (Å²) in [6, 6.07) is 42.0. The van der Waals surface area contributed by atoms with Crippen LogP contribution in [0.5, 0.6) is 0 Å². The molecule has 0 radical (unpaired) electrons. The van der Waals surface area contributed by atoms with Crippen LogP contribution in [0.25, 0.3) is 71.0 Å². The fourth-order valence-electron chi connectivity index (χ4n) is 8.44. The molecule has 0 unspecified atom stereocenters. The van der Waals surface area contributed by atoms with E-state index >= 15 is 0 Å². The van der Waals surface area contributed by atoms with Crippen LogP contribution in [0, 0.1) is 17.9 Å². The maximum Gasteiger partial charge on any atom is 0.197 e. The van der Waals surface area contributed by atoms with Crippen molar-refractivity contribution in [3.8, 4) is 28.6 Å². The molecule has 4 nitrogen and oxygen atoms in total. The first-order valence-corrected chi connectivity index (χ1v) is 20.4. The molecule has 0 spiro atoms. The highest BCUT2D eigenvalue weighted by Crippen LogP contribution is 2.42. The fourth-order valence-corrected chi connectivity index (χ4v) is 8.44. The van der Waals surface area contributed by atoms with Crippen LogP contribution in [0.15, 0.2) is 109 Å². The zero-order chi connectivity index (χ0) is 41.7. The molecule has 0 aliphatic heterocycles. The van der Waals surface area contributed by atoms with E-state index in [0.717, 1.165) is 44.6 Å². The van der Waals surface area contributed by atoms with Gasteiger partial charge in [-0.1, -0.05) is 144 Å². The van der Waals surface area contributed by atoms with E-state index in [1.54, 1.807) is 0 Å². The summed E-state index contributed by atoms with van der Waals surface area (Å²) in [5.41, 5.74) is 13.8. The molecule has 58 heavy (non-hydrogen) atoms. The first kappa shape index (κ1) is 38.8. The molecule has 4 heteroatoms. The van der Waals surface area contributed by atoms with Crippen LogP contribution in [-0.4, -0.2) is 9.13 Å². The lowest BCUT2D eigenvalue weighted by molar-refractivity contribution is 0.590. The van der Waals surface area contributed by atoms with Crippen molar-refractivity contribution in [3.63, 3.8) is 0 Å². The zero-order valence-electron chi connectivity index (χ0n) is 36.2. The van der Waals surface area contributed by atoms with E-state index in [4.69, 9.17) is 6.57 Å². The van der Waals surface area contributed by atoms with E-state index in [2.05, 4.69) is 188 Å². The molecule has 0 fully saturated rings. The monoisotopic (exact) mass is 758 g/mol. The molecule has 8 aromatic rings. The highest BCUT2D eigenvalue weighted by Gasteiger charge is 2.24. The smallest absolute Gasteiger partial charge is 0.197 e. The van der Waals surface area contributed by atoms with Crippen LogP contribution in [0.1, 0.15) is 111 Å². The Bertz CT molecular complexity index is 2700. The van der Waals surface area contributed by atoms with Gasteiger partial charge in [-0.15, -0.1) is 0 Å². The summed E-state index contributed by atoms with van der Waals surface area (Å²) in [5, 5.41) is 15.5. The Kier molecular flexibility index (Phi) is 8.84. The van der Waals surface area contributed by atoms with Crippen LogP contribution < -0.4 is 0 Å². The minimum absolute atomic E-state index is 0.0274. The Labute approximate surface area is 344 Å². The summed E-state index contributed by atoms with van der Waals surface area (Å²) in [5.74, 6) is 0. The summed E-state index contributed by atoms with van der Waals surface area (Å²) in [6.07, 6.45) is 0. The minimum Gasteiger partial charge on any atom is -0.310 e. The van der Waals surface area contributed by atoms with E-state index in [0.29, 0.717) is 11.3 Å². The summed E-state index contributed by atoms with van der Waals surface area (Å²) in [7, 11) is 0. The summed E-state index contributed by atoms with van der Waals surface area (Å²) >= 11 is 0. The summed E-state index contributed by atoms with van der Waals surface area (Å²) in [6.45, 7) is 35.4. The van der Waals surface area contributed by atoms with Crippen molar-refractivity contribution in [3.05, 3.63) is 148 Å². The van der Waals surface area contributed by atoms with Gasteiger partial charge in [-0.3, -0.25) is 0 Å². The second kappa shape index (κ2) is 13.2. The van der Waals surface area contributed by atoms with Gasteiger partial charge in [0.1, 0.15) is 0 Å². The van der Waals surface area contributed by atoms with E-state index < -0.39 is 0 Å². The Morgan fingerprint density at radius 1 is 0.431 bits per heavy atom. The van der Waals surface area contributed by atoms with Gasteiger partial charge >= 0.3 is 0 Å². The lowest BCUT2D eigenvalue weighted by Crippen LogP contribution is -2.11. The molecular formula is C54H54N4. The van der Waals surface area contributed by atoms with Crippen LogP contribution in [0.3, 0.4) is 0 Å². The molecule has 2 aromatic heterocycles. The third-order valence-corrected chi connectivity index (χ3v) is 12.0. The third-order valence-electron chi connectivity index (χ3n) is 12.0. The Morgan fingerprint density at radius 2 is 0.759 bits per heavy atom. The molecule has 0 atom stereocenters. The van der Waals surface area contributed by atoms with Crippen molar-refractivity contribution in [2.24, 2.45) is 0 Å². The van der Waals surface area contributed by atoms with Crippen LogP contribution in [0.4, 0.5) is 5.69 Å². The number of rotatable bonds is 3. The third kappa shape index (κ3) is 6.46. The zero-order valence-corrected chi connectivity index (χ0v) is 36.2. The van der Waals surface area contributed by atoms with Gasteiger partial charge < -0.3 is 9.13 Å². The number of nitriles is 1. The molecular weight excluding hydrogens is 705 g/mol. The predicted molar refractivity (Wildman–Crippen MR) is 246 cm³/mol. The first-order valence-electron chi connectivity index (χ1n) is 20.4. The number of fused-ring (bicyclic) bond motifs is 6. The average Bonchev–Trinajstić information content (AvgIpc) is 3.67. The van der Waals surface area contributed by atoms with Crippen molar-refractivity contribution in [2.75, 3.05) is 0 Å². The second-order valence-electron chi connectivity index (χ2n) is 20.3. The van der Waals surface area contributed by atoms with Gasteiger partial charge in [0.25, 0.3) is 0 Å². The van der Waals surface area contributed by atoms with Crippen molar-refractivity contribution < 1.29 is 0 Å². The van der Waals surface area contributed by atoms with E-state index in [1.807, 2.05) is 24.3 Å². The predicted octanol–water partition coefficient (Wildman–Crippen LogP) is 15.2. The van der Waals surface area contributed by atoms with Crippen molar-refractivity contribution in [2.45, 2.75) is 105 Å². The normalized spacial score (nSPS) is 12.8. The van der Waals surface area contributed by atoms with Gasteiger partial charge in [0.2, 0.25) is 0 Å². The quantitative estimate of drug-likeness (QED) is 0.165. The molecule has 0 aliphatic rings. The summed E-state index contributed by atoms with van der Waals surface area (Å²) < 4.78 is 4.64. The molecule has 2 heterocycles. The lowest BCUT2D eigenvalue weighted by Gasteiger charge is -2.20. The van der Waals surface area contributed by atoms with E-state index in [1.165, 1.54) is 43.8 Å². The van der Waals surface area contributed by atoms with Gasteiger partial charge in [0, 0.05) is 32.9 Å². The van der Waals surface area contributed by atoms with E-state index in [9.17, 15) is 5.26 Å². The molecule has 0 N–H and O–H groups in total. The molecule has 6 aromatic carbocycles. The molecule has 0 saturated heterocycles. The number of nitrogens with zero attached hydrogens (tertiary/aromatic N) is 4. The number of hydrogen-bond acceptors (Lipinski definition) is 1. The molecule has 0 aliphatic carbocycles. The van der Waals surface area contributed by atoms with Gasteiger partial charge in [-0.2, -0.15) is 5.26 Å². The molecule has 8 rings (SSSR count). The minimum atomic E-state index is -0.0287. The second-order valence-corrected chi connectivity index (χ2v) is 20.3. The van der Waals surface area contributed by atoms with Crippen molar-refractivity contribution >= 4 is 49.3 Å². The standard InChI is InChI=1S/C54H54N4/c1-51(2,3)34-14-20-42-43-21-15-35(52(4,5)6)28-48(43)57(47(42)27-34)38-18-24-40(33(26-38)32-55)41-25-19-39(31-46(41)56-13)58-49-29-36(53(7,8)9)16-22-44(49)45-23-17-37(30-50(45)58)54(10,11)12/h14-31H,1-12H3. The molecule has 0 bridgehead atoms. The average molecular weight is 759 g/mol. The highest BCUT2D eigenvalue weighted by molar-refractivity contribution is 6.11. The fraction of sp³-hybridized carbons (Fsp3) is 0.296. The maximum absolute atomic E-state index is 10.8. The Morgan fingerprint density at radius 3 is 1.07 bits per heavy atom. The summed E-state index contributed by atoms with van der Waals surface area (Å²) in [4.78, 5) is 4.11. The maximum atomic E-state index is 10.8. The van der Waals surface area contributed by atoms with E-state index in [-0.39, 0.29) is 21.7 Å². The van der Waals surface area contributed by atoms with Crippen molar-refractivity contribution in [1.29, 1.82) is 5.26 Å². The van der Waals surface area contributed by atoms with Gasteiger partial charge in [-0.05, 0) is 104 Å². The Hall–Kier alpha value is -6.10. The van der Waals surface area contributed by atoms with Gasteiger partial charge in [-0.25, -0.2) is 4.85 Å². The number of hydrogen-bond donors (Lipinski definition) is 0. The molecule has 290 valence electrons. The SMILES string of the molecule is [C-]#[N+]c1cc(-n2c3cc(C(C)(C)C)ccc3c3ccc(C(C)(C)C)cc32)ccc1-c1ccc(-n2c3cc(C(C)(C)C)ccc3c3ccc(C(C)(C)C)cc32)cc1C#N. The topological polar surface area (TPSA) is 38.0 Å². The van der Waals surface area contributed by atoms with Crippen molar-refractivity contribution in [1.82, 2.24) is 9.13 Å². The van der Waals surface area contributed by atoms with Gasteiger partial charge in [0.05, 0.1) is 40.3 Å². The lowest BCUT2D eigenvalue weighted by atomic mass is 9.86. The first-order chi connectivity index (χ1) is 27.2. The largest absolute Gasteiger partial charge is 0.310 e. The van der Waals surface area contributed by atoms with Crippen LogP contribution >= 0.6 is 0 Å². The van der Waals surface area contributed by atoms with Crippen LogP contribution in [0.2, 0.25) is 0 Å². The number of aromatic nitrogens is 2. The van der Waals surface area contributed by atoms with Gasteiger partial charge in [0.15, 0.2) is 5.69 Å². The molecule has 0 amide bonds. The molecule has 0 saturated carbocycles. The Balaban J connectivity index is 1.32. The van der Waals surface area contributed by atoms with Crippen LogP contribution in [-0.2, 0) is 21.7 Å². The highest BCUT2D eigenvalue weighted by atomic mass is 15.0.